The van der Waals surface area contributed by atoms with E-state index in [0.717, 1.165) is 25.7 Å². The maximum Gasteiger partial charge on any atom is 0.220 e. The third-order valence-electron chi connectivity index (χ3n) is 5.73. The largest absolute Gasteiger partial charge is 0.394 e. The molecule has 2 atom stereocenters. The van der Waals surface area contributed by atoms with Gasteiger partial charge in [0.05, 0.1) is 12.6 Å². The molecule has 0 aliphatic carbocycles. The molecule has 4 nitrogen and oxygen atoms in total. The Bertz CT molecular complexity index is 573. The van der Waals surface area contributed by atoms with Crippen LogP contribution in [0.5, 0.6) is 0 Å². The van der Waals surface area contributed by atoms with E-state index >= 15 is 0 Å². The molecule has 0 aliphatic heterocycles. The maximum atomic E-state index is 12.1. The standard InChI is InChI=1S/C27H45NO3/c1-2-3-4-5-6-7-8-9-10-11-12-13-14-15-19-22-26(30)28-25(23-29)27(31)24-20-17-16-18-21-24/h9-10,16-18,20-21,25,27,29,31H,2-8,11-15,19,22-23H2,1H3,(H,28,30)/b10-9-/t25-,27?/m0/s1. The first-order valence-corrected chi connectivity index (χ1v) is 12.5. The number of aliphatic hydroxyl groups is 2. The molecule has 4 heteroatoms. The molecule has 0 radical (unpaired) electrons. The summed E-state index contributed by atoms with van der Waals surface area (Å²) >= 11 is 0. The lowest BCUT2D eigenvalue weighted by molar-refractivity contribution is -0.123. The molecule has 31 heavy (non-hydrogen) atoms. The van der Waals surface area contributed by atoms with Gasteiger partial charge in [-0.05, 0) is 37.7 Å². The number of benzene rings is 1. The van der Waals surface area contributed by atoms with Gasteiger partial charge in [-0.2, -0.15) is 0 Å². The minimum Gasteiger partial charge on any atom is -0.394 e. The Balaban J connectivity index is 2.00. The zero-order valence-electron chi connectivity index (χ0n) is 19.6. The maximum absolute atomic E-state index is 12.1. The number of unbranched alkanes of at least 4 members (excludes halogenated alkanes) is 11. The first-order chi connectivity index (χ1) is 15.2. The number of aliphatic hydroxyl groups excluding tert-OH is 2. The number of carbonyl (C=O) groups excluding carboxylic acids is 1. The van der Waals surface area contributed by atoms with Gasteiger partial charge in [0.2, 0.25) is 5.91 Å². The molecule has 0 bridgehead atoms. The monoisotopic (exact) mass is 431 g/mol. The number of amides is 1. The molecule has 0 heterocycles. The van der Waals surface area contributed by atoms with Crippen LogP contribution in [-0.4, -0.2) is 28.8 Å². The normalized spacial score (nSPS) is 13.4. The Hall–Kier alpha value is -1.65. The molecule has 0 aliphatic rings. The minimum atomic E-state index is -0.899. The van der Waals surface area contributed by atoms with Crippen molar-refractivity contribution in [2.75, 3.05) is 6.61 Å². The first kappa shape index (κ1) is 27.4. The van der Waals surface area contributed by atoms with E-state index in [0.29, 0.717) is 12.0 Å². The number of carbonyl (C=O) groups is 1. The lowest BCUT2D eigenvalue weighted by Crippen LogP contribution is -2.41. The second-order valence-electron chi connectivity index (χ2n) is 8.55. The summed E-state index contributed by atoms with van der Waals surface area (Å²) in [7, 11) is 0. The Morgan fingerprint density at radius 1 is 0.871 bits per heavy atom. The van der Waals surface area contributed by atoms with Gasteiger partial charge in [-0.25, -0.2) is 0 Å². The van der Waals surface area contributed by atoms with Crippen LogP contribution in [-0.2, 0) is 4.79 Å². The highest BCUT2D eigenvalue weighted by molar-refractivity contribution is 5.76. The lowest BCUT2D eigenvalue weighted by atomic mass is 10.0. The van der Waals surface area contributed by atoms with Crippen molar-refractivity contribution in [1.29, 1.82) is 0 Å². The summed E-state index contributed by atoms with van der Waals surface area (Å²) in [5, 5.41) is 22.6. The van der Waals surface area contributed by atoms with E-state index in [1.165, 1.54) is 57.8 Å². The van der Waals surface area contributed by atoms with Gasteiger partial charge in [-0.1, -0.05) is 101 Å². The number of rotatable bonds is 19. The Morgan fingerprint density at radius 3 is 2.00 bits per heavy atom. The molecule has 0 aromatic heterocycles. The van der Waals surface area contributed by atoms with Crippen molar-refractivity contribution in [2.45, 2.75) is 109 Å². The SMILES string of the molecule is CCCCCCCC/C=C\CCCCCCCC(=O)N[C@@H](CO)C(O)c1ccccc1. The van der Waals surface area contributed by atoms with Gasteiger partial charge in [0.15, 0.2) is 0 Å². The van der Waals surface area contributed by atoms with E-state index in [-0.39, 0.29) is 12.5 Å². The summed E-state index contributed by atoms with van der Waals surface area (Å²) in [6, 6.07) is 8.46. The van der Waals surface area contributed by atoms with E-state index in [9.17, 15) is 15.0 Å². The van der Waals surface area contributed by atoms with Gasteiger partial charge in [-0.3, -0.25) is 4.79 Å². The minimum absolute atomic E-state index is 0.105. The Kier molecular flexibility index (Phi) is 16.8. The van der Waals surface area contributed by atoms with Crippen LogP contribution in [0, 0.1) is 0 Å². The van der Waals surface area contributed by atoms with Crippen molar-refractivity contribution in [3.63, 3.8) is 0 Å². The summed E-state index contributed by atoms with van der Waals surface area (Å²) in [6.07, 6.45) is 20.2. The van der Waals surface area contributed by atoms with Gasteiger partial charge < -0.3 is 15.5 Å². The lowest BCUT2D eigenvalue weighted by Gasteiger charge is -2.22. The second kappa shape index (κ2) is 19.1. The van der Waals surface area contributed by atoms with Crippen LogP contribution in [0.25, 0.3) is 0 Å². The van der Waals surface area contributed by atoms with E-state index in [4.69, 9.17) is 0 Å². The van der Waals surface area contributed by atoms with Crippen LogP contribution in [0.1, 0.15) is 108 Å². The predicted molar refractivity (Wildman–Crippen MR) is 130 cm³/mol. The number of hydrogen-bond donors (Lipinski definition) is 3. The smallest absolute Gasteiger partial charge is 0.220 e. The van der Waals surface area contributed by atoms with E-state index < -0.39 is 12.1 Å². The zero-order chi connectivity index (χ0) is 22.6. The highest BCUT2D eigenvalue weighted by Gasteiger charge is 2.21. The molecule has 1 unspecified atom stereocenters. The summed E-state index contributed by atoms with van der Waals surface area (Å²) in [5.74, 6) is -0.105. The average molecular weight is 432 g/mol. The highest BCUT2D eigenvalue weighted by Crippen LogP contribution is 2.16. The molecule has 1 rings (SSSR count). The average Bonchev–Trinajstić information content (AvgIpc) is 2.80. The van der Waals surface area contributed by atoms with E-state index in [2.05, 4.69) is 24.4 Å². The van der Waals surface area contributed by atoms with Gasteiger partial charge in [-0.15, -0.1) is 0 Å². The van der Waals surface area contributed by atoms with Crippen molar-refractivity contribution in [3.8, 4) is 0 Å². The van der Waals surface area contributed by atoms with Gasteiger partial charge in [0.1, 0.15) is 6.10 Å². The number of hydrogen-bond acceptors (Lipinski definition) is 3. The van der Waals surface area contributed by atoms with Crippen LogP contribution < -0.4 is 5.32 Å². The number of nitrogens with one attached hydrogen (secondary N) is 1. The van der Waals surface area contributed by atoms with E-state index in [1.54, 1.807) is 12.1 Å². The fourth-order valence-corrected chi connectivity index (χ4v) is 3.74. The van der Waals surface area contributed by atoms with Gasteiger partial charge >= 0.3 is 0 Å². The van der Waals surface area contributed by atoms with Crippen LogP contribution in [0.15, 0.2) is 42.5 Å². The second-order valence-corrected chi connectivity index (χ2v) is 8.55. The molecule has 1 aromatic rings. The Labute approximate surface area is 190 Å². The molecule has 0 spiro atoms. The summed E-state index contributed by atoms with van der Waals surface area (Å²) in [6.45, 7) is 1.97. The van der Waals surface area contributed by atoms with Crippen LogP contribution in [0.4, 0.5) is 0 Å². The Morgan fingerprint density at radius 2 is 1.42 bits per heavy atom. The molecular weight excluding hydrogens is 386 g/mol. The van der Waals surface area contributed by atoms with E-state index in [1.807, 2.05) is 18.2 Å². The van der Waals surface area contributed by atoms with Crippen LogP contribution >= 0.6 is 0 Å². The van der Waals surface area contributed by atoms with Crippen molar-refractivity contribution < 1.29 is 15.0 Å². The molecule has 1 aromatic carbocycles. The number of allylic oxidation sites excluding steroid dienone is 2. The molecule has 0 saturated heterocycles. The third kappa shape index (κ3) is 14.1. The fraction of sp³-hybridized carbons (Fsp3) is 0.667. The summed E-state index contributed by atoms with van der Waals surface area (Å²) < 4.78 is 0. The molecule has 1 amide bonds. The fourth-order valence-electron chi connectivity index (χ4n) is 3.74. The van der Waals surface area contributed by atoms with Crippen molar-refractivity contribution in [1.82, 2.24) is 5.32 Å². The quantitative estimate of drug-likeness (QED) is 0.179. The zero-order valence-corrected chi connectivity index (χ0v) is 19.6. The topological polar surface area (TPSA) is 69.6 Å². The van der Waals surface area contributed by atoms with Crippen molar-refractivity contribution >= 4 is 5.91 Å². The van der Waals surface area contributed by atoms with Crippen molar-refractivity contribution in [3.05, 3.63) is 48.0 Å². The predicted octanol–water partition coefficient (Wildman–Crippen LogP) is 6.23. The van der Waals surface area contributed by atoms with Crippen LogP contribution in [0.3, 0.4) is 0 Å². The molecule has 0 saturated carbocycles. The summed E-state index contributed by atoms with van der Waals surface area (Å²) in [5.41, 5.74) is 0.697. The third-order valence-corrected chi connectivity index (χ3v) is 5.73. The first-order valence-electron chi connectivity index (χ1n) is 12.5. The highest BCUT2D eigenvalue weighted by atomic mass is 16.3. The summed E-state index contributed by atoms with van der Waals surface area (Å²) in [4.78, 5) is 12.1. The van der Waals surface area contributed by atoms with Gasteiger partial charge in [0, 0.05) is 6.42 Å². The van der Waals surface area contributed by atoms with Gasteiger partial charge in [0.25, 0.3) is 0 Å². The van der Waals surface area contributed by atoms with Crippen molar-refractivity contribution in [2.24, 2.45) is 0 Å². The molecule has 0 fully saturated rings. The molecule has 176 valence electrons. The molecule has 3 N–H and O–H groups in total. The molecular formula is C27H45NO3. The van der Waals surface area contributed by atoms with Crippen LogP contribution in [0.2, 0.25) is 0 Å².